The molecule has 2 fully saturated rings. The molecule has 0 aromatic heterocycles. The van der Waals surface area contributed by atoms with Gasteiger partial charge in [0.25, 0.3) is 0 Å². The van der Waals surface area contributed by atoms with Crippen molar-refractivity contribution in [1.82, 2.24) is 0 Å². The number of aliphatic hydroxyl groups is 7. The Morgan fingerprint density at radius 3 is 1.97 bits per heavy atom. The number of hydrogen-bond donors (Lipinski definition) is 7. The van der Waals surface area contributed by atoms with Crippen LogP contribution in [0.3, 0.4) is 0 Å². The summed E-state index contributed by atoms with van der Waals surface area (Å²) < 4.78 is 22.6. The third kappa shape index (κ3) is 5.92. The average Bonchev–Trinajstić information content (AvgIpc) is 2.75. The molecular weight excluding hydrogens is 416 g/mol. The van der Waals surface area contributed by atoms with E-state index in [2.05, 4.69) is 0 Å². The van der Waals surface area contributed by atoms with Crippen molar-refractivity contribution in [3.8, 4) is 0 Å². The van der Waals surface area contributed by atoms with Gasteiger partial charge in [-0.05, 0) is 19.3 Å². The fourth-order valence-corrected chi connectivity index (χ4v) is 3.80. The Morgan fingerprint density at radius 1 is 0.871 bits per heavy atom. The molecule has 2 aliphatic heterocycles. The van der Waals surface area contributed by atoms with E-state index in [1.165, 1.54) is 6.92 Å². The maximum absolute atomic E-state index is 10.8. The zero-order chi connectivity index (χ0) is 23.5. The second-order valence-electron chi connectivity index (χ2n) is 8.61. The van der Waals surface area contributed by atoms with Crippen LogP contribution in [0.15, 0.2) is 0 Å². The van der Waals surface area contributed by atoms with Crippen LogP contribution >= 0.6 is 0 Å². The van der Waals surface area contributed by atoms with Crippen molar-refractivity contribution in [2.24, 2.45) is 5.92 Å². The lowest BCUT2D eigenvalue weighted by molar-refractivity contribution is -0.365. The van der Waals surface area contributed by atoms with Crippen molar-refractivity contribution >= 4 is 0 Å². The van der Waals surface area contributed by atoms with E-state index in [-0.39, 0.29) is 12.3 Å². The fraction of sp³-hybridized carbons (Fsp3) is 1.00. The molecule has 0 aromatic rings. The predicted molar refractivity (Wildman–Crippen MR) is 106 cm³/mol. The summed E-state index contributed by atoms with van der Waals surface area (Å²) in [5, 5.41) is 71.5. The Bertz CT molecular complexity index is 547. The van der Waals surface area contributed by atoms with Gasteiger partial charge in [-0.15, -0.1) is 0 Å². The summed E-state index contributed by atoms with van der Waals surface area (Å²) in [7, 11) is 0. The molecule has 0 spiro atoms. The largest absolute Gasteiger partial charge is 0.394 e. The first-order chi connectivity index (χ1) is 14.5. The highest BCUT2D eigenvalue weighted by molar-refractivity contribution is 4.97. The van der Waals surface area contributed by atoms with Crippen molar-refractivity contribution in [2.75, 3.05) is 13.2 Å². The van der Waals surface area contributed by atoms with Crippen LogP contribution < -0.4 is 0 Å². The SMILES string of the molecule is CCC(C)C1O[C@@H](CO)C(O)C(O)C1OC1OC(CO)C(O)C(OC(C)(O)CC)C1O. The highest BCUT2D eigenvalue weighted by Gasteiger charge is 2.52. The lowest BCUT2D eigenvalue weighted by atomic mass is 9.87. The summed E-state index contributed by atoms with van der Waals surface area (Å²) in [6.07, 6.45) is -12.0. The van der Waals surface area contributed by atoms with Crippen LogP contribution in [0, 0.1) is 5.92 Å². The lowest BCUT2D eigenvalue weighted by Gasteiger charge is -2.48. The lowest BCUT2D eigenvalue weighted by Crippen LogP contribution is -2.66. The minimum absolute atomic E-state index is 0.144. The molecule has 12 atom stereocenters. The Hall–Kier alpha value is -0.440. The van der Waals surface area contributed by atoms with Gasteiger partial charge in [-0.25, -0.2) is 0 Å². The first kappa shape index (κ1) is 26.8. The van der Waals surface area contributed by atoms with Gasteiger partial charge in [-0.2, -0.15) is 0 Å². The third-order valence-electron chi connectivity index (χ3n) is 6.27. The highest BCUT2D eigenvalue weighted by Crippen LogP contribution is 2.34. The van der Waals surface area contributed by atoms with E-state index in [4.69, 9.17) is 18.9 Å². The van der Waals surface area contributed by atoms with Gasteiger partial charge in [-0.3, -0.25) is 0 Å². The van der Waals surface area contributed by atoms with Gasteiger partial charge in [0.05, 0.1) is 19.3 Å². The molecule has 184 valence electrons. The van der Waals surface area contributed by atoms with Gasteiger partial charge >= 0.3 is 0 Å². The second-order valence-corrected chi connectivity index (χ2v) is 8.61. The molecule has 11 nitrogen and oxygen atoms in total. The Labute approximate surface area is 182 Å². The van der Waals surface area contributed by atoms with Crippen LogP contribution in [0.1, 0.15) is 40.5 Å². The van der Waals surface area contributed by atoms with Crippen LogP contribution in [-0.4, -0.2) is 116 Å². The van der Waals surface area contributed by atoms with Crippen molar-refractivity contribution in [3.63, 3.8) is 0 Å². The van der Waals surface area contributed by atoms with E-state index >= 15 is 0 Å². The molecule has 0 bridgehead atoms. The van der Waals surface area contributed by atoms with E-state index in [1.807, 2.05) is 13.8 Å². The van der Waals surface area contributed by atoms with Gasteiger partial charge in [0.2, 0.25) is 0 Å². The Balaban J connectivity index is 2.27. The highest BCUT2D eigenvalue weighted by atomic mass is 16.7. The number of rotatable bonds is 9. The molecule has 11 heteroatoms. The first-order valence-electron chi connectivity index (χ1n) is 10.8. The maximum atomic E-state index is 10.8. The standard InChI is InChI=1S/C20H38O11/c1-5-9(3)16-18(14(25)12(23)10(7-21)28-16)30-19-15(26)17(31-20(4,27)6-2)13(24)11(8-22)29-19/h9-19,21-27H,5-8H2,1-4H3/t9?,10-,11?,12?,13?,14?,15?,16?,17?,18?,19?,20?/m0/s1. The number of aliphatic hydroxyl groups excluding tert-OH is 6. The minimum Gasteiger partial charge on any atom is -0.394 e. The molecule has 2 heterocycles. The number of ether oxygens (including phenoxy) is 4. The summed E-state index contributed by atoms with van der Waals surface area (Å²) in [6, 6.07) is 0. The molecule has 11 unspecified atom stereocenters. The summed E-state index contributed by atoms with van der Waals surface area (Å²) in [4.78, 5) is 0. The van der Waals surface area contributed by atoms with E-state index in [0.29, 0.717) is 6.42 Å². The quantitative estimate of drug-likeness (QED) is 0.189. The summed E-state index contributed by atoms with van der Waals surface area (Å²) in [5.41, 5.74) is 0. The van der Waals surface area contributed by atoms with E-state index < -0.39 is 80.2 Å². The van der Waals surface area contributed by atoms with Crippen LogP contribution in [-0.2, 0) is 18.9 Å². The van der Waals surface area contributed by atoms with Crippen LogP contribution in [0.2, 0.25) is 0 Å². The fourth-order valence-electron chi connectivity index (χ4n) is 3.80. The van der Waals surface area contributed by atoms with E-state index in [9.17, 15) is 35.7 Å². The van der Waals surface area contributed by atoms with Gasteiger partial charge in [0, 0.05) is 0 Å². The smallest absolute Gasteiger partial charge is 0.187 e. The Morgan fingerprint density at radius 2 is 1.45 bits per heavy atom. The van der Waals surface area contributed by atoms with E-state index in [1.54, 1.807) is 6.92 Å². The monoisotopic (exact) mass is 454 g/mol. The van der Waals surface area contributed by atoms with Crippen molar-refractivity contribution < 1.29 is 54.7 Å². The molecular formula is C20H38O11. The van der Waals surface area contributed by atoms with Gasteiger partial charge in [-0.1, -0.05) is 27.2 Å². The maximum Gasteiger partial charge on any atom is 0.187 e. The van der Waals surface area contributed by atoms with Crippen molar-refractivity contribution in [3.05, 3.63) is 0 Å². The predicted octanol–water partition coefficient (Wildman–Crippen LogP) is -2.16. The third-order valence-corrected chi connectivity index (χ3v) is 6.27. The minimum atomic E-state index is -1.66. The molecule has 7 N–H and O–H groups in total. The van der Waals surface area contributed by atoms with E-state index in [0.717, 1.165) is 0 Å². The van der Waals surface area contributed by atoms with Crippen LogP contribution in [0.25, 0.3) is 0 Å². The normalized spacial score (nSPS) is 44.6. The molecule has 2 rings (SSSR count). The summed E-state index contributed by atoms with van der Waals surface area (Å²) >= 11 is 0. The molecule has 0 aromatic carbocycles. The topological polar surface area (TPSA) is 179 Å². The Kier molecular flexibility index (Phi) is 9.62. The van der Waals surface area contributed by atoms with Crippen LogP contribution in [0.5, 0.6) is 0 Å². The second kappa shape index (κ2) is 11.1. The summed E-state index contributed by atoms with van der Waals surface area (Å²) in [6.45, 7) is 5.66. The molecule has 0 amide bonds. The van der Waals surface area contributed by atoms with Gasteiger partial charge in [0.1, 0.15) is 48.8 Å². The summed E-state index contributed by atoms with van der Waals surface area (Å²) in [5.74, 6) is -1.81. The van der Waals surface area contributed by atoms with Gasteiger partial charge in [0.15, 0.2) is 12.1 Å². The average molecular weight is 455 g/mol. The number of hydrogen-bond acceptors (Lipinski definition) is 11. The van der Waals surface area contributed by atoms with Crippen molar-refractivity contribution in [2.45, 2.75) is 108 Å². The molecule has 2 aliphatic rings. The molecule has 0 saturated carbocycles. The molecule has 31 heavy (non-hydrogen) atoms. The van der Waals surface area contributed by atoms with Crippen LogP contribution in [0.4, 0.5) is 0 Å². The molecule has 2 saturated heterocycles. The zero-order valence-electron chi connectivity index (χ0n) is 18.4. The molecule has 0 aliphatic carbocycles. The van der Waals surface area contributed by atoms with Gasteiger partial charge < -0.3 is 54.7 Å². The first-order valence-corrected chi connectivity index (χ1v) is 10.8. The molecule has 0 radical (unpaired) electrons. The zero-order valence-corrected chi connectivity index (χ0v) is 18.4. The van der Waals surface area contributed by atoms with Crippen molar-refractivity contribution in [1.29, 1.82) is 0 Å².